The number of aliphatic hydroxyl groups excluding tert-OH is 1. The van der Waals surface area contributed by atoms with Gasteiger partial charge in [-0.25, -0.2) is 0 Å². The molecule has 3 nitrogen and oxygen atoms in total. The third-order valence-corrected chi connectivity index (χ3v) is 4.80. The highest BCUT2D eigenvalue weighted by Crippen LogP contribution is 2.57. The van der Waals surface area contributed by atoms with Crippen molar-refractivity contribution in [3.05, 3.63) is 0 Å². The van der Waals surface area contributed by atoms with Crippen LogP contribution in [0.25, 0.3) is 0 Å². The molecule has 0 aromatic carbocycles. The molecule has 0 aromatic heterocycles. The number of nitrogens with zero attached hydrogens (tertiary/aromatic N) is 1. The lowest BCUT2D eigenvalue weighted by Crippen LogP contribution is -2.54. The molecule has 1 aliphatic carbocycles. The molecule has 2 bridgehead atoms. The average molecular weight is 225 g/mol. The third-order valence-electron chi connectivity index (χ3n) is 4.80. The van der Waals surface area contributed by atoms with Gasteiger partial charge < -0.3 is 14.7 Å². The van der Waals surface area contributed by atoms with Gasteiger partial charge in [0.15, 0.2) is 0 Å². The normalized spacial score (nSPS) is 44.6. The van der Waals surface area contributed by atoms with E-state index in [9.17, 15) is 5.11 Å². The molecule has 0 unspecified atom stereocenters. The van der Waals surface area contributed by atoms with Gasteiger partial charge in [-0.15, -0.1) is 0 Å². The molecule has 4 aliphatic rings. The summed E-state index contributed by atoms with van der Waals surface area (Å²) in [6.45, 7) is 7.01. The summed E-state index contributed by atoms with van der Waals surface area (Å²) >= 11 is 0. The van der Waals surface area contributed by atoms with Crippen LogP contribution in [0.5, 0.6) is 0 Å². The van der Waals surface area contributed by atoms with Crippen LogP contribution in [0.4, 0.5) is 0 Å². The summed E-state index contributed by atoms with van der Waals surface area (Å²) in [4.78, 5) is 2.56. The van der Waals surface area contributed by atoms with Gasteiger partial charge in [-0.2, -0.15) is 0 Å². The molecular weight excluding hydrogens is 202 g/mol. The van der Waals surface area contributed by atoms with Gasteiger partial charge >= 0.3 is 0 Å². The molecule has 0 amide bonds. The fraction of sp³-hybridized carbons (Fsp3) is 1.00. The number of likely N-dealkylation sites (tertiary alicyclic amines) is 1. The maximum atomic E-state index is 9.32. The second-order valence-corrected chi connectivity index (χ2v) is 6.44. The lowest BCUT2D eigenvalue weighted by Gasteiger charge is -2.46. The van der Waals surface area contributed by atoms with Gasteiger partial charge in [0.05, 0.1) is 18.8 Å². The molecule has 1 N–H and O–H groups in total. The minimum Gasteiger partial charge on any atom is -0.396 e. The number of fused-ring (bicyclic) bond motifs is 1. The van der Waals surface area contributed by atoms with Crippen LogP contribution in [0.2, 0.25) is 0 Å². The van der Waals surface area contributed by atoms with Gasteiger partial charge in [0, 0.05) is 12.0 Å². The molecule has 3 heteroatoms. The van der Waals surface area contributed by atoms with E-state index in [1.54, 1.807) is 0 Å². The van der Waals surface area contributed by atoms with E-state index in [0.717, 1.165) is 31.9 Å². The summed E-state index contributed by atoms with van der Waals surface area (Å²) in [6.07, 6.45) is 4.84. The van der Waals surface area contributed by atoms with Crippen molar-refractivity contribution in [1.29, 1.82) is 0 Å². The highest BCUT2D eigenvalue weighted by Gasteiger charge is 2.62. The van der Waals surface area contributed by atoms with Crippen LogP contribution in [-0.2, 0) is 4.74 Å². The zero-order valence-electron chi connectivity index (χ0n) is 10.2. The van der Waals surface area contributed by atoms with Crippen molar-refractivity contribution in [3.8, 4) is 0 Å². The summed E-state index contributed by atoms with van der Waals surface area (Å²) < 4.78 is 5.94. The van der Waals surface area contributed by atoms with Crippen LogP contribution in [0.1, 0.15) is 32.6 Å². The van der Waals surface area contributed by atoms with Crippen LogP contribution in [0.3, 0.4) is 0 Å². The maximum Gasteiger partial charge on any atom is 0.0823 e. The molecule has 3 aliphatic heterocycles. The topological polar surface area (TPSA) is 32.7 Å². The molecule has 0 radical (unpaired) electrons. The third kappa shape index (κ3) is 1.69. The quantitative estimate of drug-likeness (QED) is 0.785. The van der Waals surface area contributed by atoms with Crippen LogP contribution in [0.15, 0.2) is 0 Å². The standard InChI is InChI=1S/C13H23NO2/c1-11-2-4-14(5-3-11)8-13-6-12(7-13,9-15)10-16-13/h11,15H,2-10H2,1H3. The largest absolute Gasteiger partial charge is 0.396 e. The first-order valence-electron chi connectivity index (χ1n) is 6.63. The van der Waals surface area contributed by atoms with Gasteiger partial charge in [0.1, 0.15) is 0 Å². The van der Waals surface area contributed by atoms with E-state index >= 15 is 0 Å². The number of hydrogen-bond acceptors (Lipinski definition) is 3. The van der Waals surface area contributed by atoms with E-state index in [0.29, 0.717) is 6.61 Å². The molecule has 1 saturated carbocycles. The van der Waals surface area contributed by atoms with Gasteiger partial charge in [-0.05, 0) is 44.7 Å². The Bertz CT molecular complexity index is 265. The first kappa shape index (κ1) is 11.0. The SMILES string of the molecule is CC1CCN(CC23CC(CO)(CO2)C3)CC1. The summed E-state index contributed by atoms with van der Waals surface area (Å²) in [5, 5.41) is 9.32. The Balaban J connectivity index is 1.53. The van der Waals surface area contributed by atoms with Crippen molar-refractivity contribution in [2.24, 2.45) is 11.3 Å². The van der Waals surface area contributed by atoms with Crippen LogP contribution in [0, 0.1) is 11.3 Å². The Morgan fingerprint density at radius 3 is 2.56 bits per heavy atom. The van der Waals surface area contributed by atoms with E-state index in [-0.39, 0.29) is 11.0 Å². The van der Waals surface area contributed by atoms with E-state index in [1.165, 1.54) is 25.9 Å². The predicted molar refractivity (Wildman–Crippen MR) is 62.3 cm³/mol. The molecule has 0 atom stereocenters. The van der Waals surface area contributed by atoms with Gasteiger partial charge in [-0.3, -0.25) is 0 Å². The molecule has 4 fully saturated rings. The van der Waals surface area contributed by atoms with Crippen LogP contribution in [-0.4, -0.2) is 48.5 Å². The van der Waals surface area contributed by atoms with Crippen molar-refractivity contribution in [1.82, 2.24) is 4.90 Å². The summed E-state index contributed by atoms with van der Waals surface area (Å²) in [5.41, 5.74) is 0.256. The van der Waals surface area contributed by atoms with Crippen molar-refractivity contribution < 1.29 is 9.84 Å². The Kier molecular flexibility index (Phi) is 2.54. The predicted octanol–water partition coefficient (Wildman–Crippen LogP) is 1.26. The Labute approximate surface area is 97.8 Å². The van der Waals surface area contributed by atoms with Gasteiger partial charge in [0.2, 0.25) is 0 Å². The van der Waals surface area contributed by atoms with Crippen LogP contribution < -0.4 is 0 Å². The molecule has 3 saturated heterocycles. The molecule has 0 aromatic rings. The lowest BCUT2D eigenvalue weighted by molar-refractivity contribution is -0.0569. The van der Waals surface area contributed by atoms with Gasteiger partial charge in [0.25, 0.3) is 0 Å². The number of hydrogen-bond donors (Lipinski definition) is 1. The highest BCUT2D eigenvalue weighted by molar-refractivity contribution is 5.12. The number of ether oxygens (including phenoxy) is 1. The second-order valence-electron chi connectivity index (χ2n) is 6.44. The molecule has 3 heterocycles. The van der Waals surface area contributed by atoms with E-state index in [4.69, 9.17) is 4.74 Å². The van der Waals surface area contributed by atoms with Crippen molar-refractivity contribution in [2.75, 3.05) is 32.8 Å². The molecule has 4 rings (SSSR count). The first-order chi connectivity index (χ1) is 7.65. The lowest BCUT2D eigenvalue weighted by atomic mass is 9.62. The molecular formula is C13H23NO2. The van der Waals surface area contributed by atoms with Crippen molar-refractivity contribution in [2.45, 2.75) is 38.2 Å². The highest BCUT2D eigenvalue weighted by atomic mass is 16.5. The monoisotopic (exact) mass is 225 g/mol. The van der Waals surface area contributed by atoms with E-state index < -0.39 is 0 Å². The second kappa shape index (κ2) is 3.69. The number of rotatable bonds is 3. The van der Waals surface area contributed by atoms with Gasteiger partial charge in [-0.1, -0.05) is 6.92 Å². The number of aliphatic hydroxyl groups is 1. The minimum atomic E-state index is 0.114. The average Bonchev–Trinajstić information content (AvgIpc) is 2.77. The molecule has 16 heavy (non-hydrogen) atoms. The zero-order chi connectivity index (χ0) is 11.2. The smallest absolute Gasteiger partial charge is 0.0823 e. The zero-order valence-corrected chi connectivity index (χ0v) is 10.2. The summed E-state index contributed by atoms with van der Waals surface area (Å²) in [7, 11) is 0. The Morgan fingerprint density at radius 1 is 1.31 bits per heavy atom. The summed E-state index contributed by atoms with van der Waals surface area (Å²) in [6, 6.07) is 0. The maximum absolute atomic E-state index is 9.32. The summed E-state index contributed by atoms with van der Waals surface area (Å²) in [5.74, 6) is 0.899. The number of piperidine rings is 1. The Morgan fingerprint density at radius 2 is 2.00 bits per heavy atom. The first-order valence-corrected chi connectivity index (χ1v) is 6.63. The molecule has 92 valence electrons. The van der Waals surface area contributed by atoms with Crippen molar-refractivity contribution >= 4 is 0 Å². The van der Waals surface area contributed by atoms with Crippen LogP contribution >= 0.6 is 0 Å². The fourth-order valence-corrected chi connectivity index (χ4v) is 3.77. The van der Waals surface area contributed by atoms with Crippen molar-refractivity contribution in [3.63, 3.8) is 0 Å². The van der Waals surface area contributed by atoms with E-state index in [2.05, 4.69) is 11.8 Å². The minimum absolute atomic E-state index is 0.114. The molecule has 0 spiro atoms. The van der Waals surface area contributed by atoms with E-state index in [1.807, 2.05) is 0 Å². The Hall–Kier alpha value is -0.120. The fourth-order valence-electron chi connectivity index (χ4n) is 3.77.